The maximum Gasteiger partial charge on any atom is 0.134 e. The highest BCUT2D eigenvalue weighted by Crippen LogP contribution is 2.30. The molecular formula is C13H25O3S+. The van der Waals surface area contributed by atoms with Crippen LogP contribution in [0.5, 0.6) is 0 Å². The SMILES string of the molecule is OC[C@@H](O)[C@H]1C[S+](CC2CCCCC2)C[C@H]1O. The molecule has 0 amide bonds. The molecule has 3 nitrogen and oxygen atoms in total. The maximum absolute atomic E-state index is 9.93. The summed E-state index contributed by atoms with van der Waals surface area (Å²) < 4.78 is 0. The van der Waals surface area contributed by atoms with Gasteiger partial charge in [0.2, 0.25) is 0 Å². The van der Waals surface area contributed by atoms with Crippen LogP contribution in [0.1, 0.15) is 32.1 Å². The minimum absolute atomic E-state index is 0.0908. The molecule has 4 heteroatoms. The van der Waals surface area contributed by atoms with Crippen molar-refractivity contribution in [2.45, 2.75) is 44.3 Å². The second-order valence-electron chi connectivity index (χ2n) is 5.60. The van der Waals surface area contributed by atoms with Crippen LogP contribution in [0.2, 0.25) is 0 Å². The number of rotatable bonds is 4. The van der Waals surface area contributed by atoms with Gasteiger partial charge in [-0.1, -0.05) is 19.3 Å². The van der Waals surface area contributed by atoms with Crippen LogP contribution < -0.4 is 0 Å². The van der Waals surface area contributed by atoms with E-state index in [-0.39, 0.29) is 23.4 Å². The summed E-state index contributed by atoms with van der Waals surface area (Å²) in [5.41, 5.74) is 0. The van der Waals surface area contributed by atoms with Crippen LogP contribution in [0.3, 0.4) is 0 Å². The molecule has 3 N–H and O–H groups in total. The van der Waals surface area contributed by atoms with Crippen LogP contribution in [0, 0.1) is 11.8 Å². The van der Waals surface area contributed by atoms with Gasteiger partial charge in [0, 0.05) is 5.92 Å². The summed E-state index contributed by atoms with van der Waals surface area (Å²) in [6, 6.07) is 0. The van der Waals surface area contributed by atoms with Gasteiger partial charge in [-0.2, -0.15) is 0 Å². The van der Waals surface area contributed by atoms with Crippen LogP contribution in [0.25, 0.3) is 0 Å². The predicted octanol–water partition coefficient (Wildman–Crippen LogP) is 0.529. The van der Waals surface area contributed by atoms with E-state index < -0.39 is 12.2 Å². The van der Waals surface area contributed by atoms with Gasteiger partial charge in [-0.15, -0.1) is 0 Å². The lowest BCUT2D eigenvalue weighted by atomic mass is 9.91. The van der Waals surface area contributed by atoms with Crippen molar-refractivity contribution in [2.75, 3.05) is 23.9 Å². The standard InChI is InChI=1S/C13H25O3S/c14-6-12(15)11-8-17(9-13(11)16)7-10-4-2-1-3-5-10/h10-16H,1-9H2/q+1/t11-,12-,13-,17?/m1/s1. The van der Waals surface area contributed by atoms with E-state index in [0.717, 1.165) is 17.4 Å². The fraction of sp³-hybridized carbons (Fsp3) is 1.00. The molecule has 1 unspecified atom stereocenters. The van der Waals surface area contributed by atoms with Gasteiger partial charge < -0.3 is 15.3 Å². The summed E-state index contributed by atoms with van der Waals surface area (Å²) >= 11 is 0. The van der Waals surface area contributed by atoms with Gasteiger partial charge in [0.05, 0.1) is 18.6 Å². The number of aliphatic hydroxyl groups excluding tert-OH is 3. The first-order chi connectivity index (χ1) is 8.20. The Morgan fingerprint density at radius 3 is 2.47 bits per heavy atom. The topological polar surface area (TPSA) is 60.7 Å². The molecule has 0 aromatic rings. The Morgan fingerprint density at radius 2 is 1.82 bits per heavy atom. The third-order valence-electron chi connectivity index (χ3n) is 4.21. The predicted molar refractivity (Wildman–Crippen MR) is 71.1 cm³/mol. The summed E-state index contributed by atoms with van der Waals surface area (Å²) in [4.78, 5) is 0. The number of aliphatic hydroxyl groups is 3. The lowest BCUT2D eigenvalue weighted by molar-refractivity contribution is 0.00718. The zero-order chi connectivity index (χ0) is 12.3. The highest BCUT2D eigenvalue weighted by atomic mass is 32.2. The van der Waals surface area contributed by atoms with E-state index in [4.69, 9.17) is 5.11 Å². The summed E-state index contributed by atoms with van der Waals surface area (Å²) in [5, 5.41) is 28.5. The second-order valence-corrected chi connectivity index (χ2v) is 7.82. The Balaban J connectivity index is 1.79. The van der Waals surface area contributed by atoms with Gasteiger partial charge in [-0.05, 0) is 23.7 Å². The van der Waals surface area contributed by atoms with Crippen molar-refractivity contribution in [3.05, 3.63) is 0 Å². The average Bonchev–Trinajstić information content (AvgIpc) is 2.70. The van der Waals surface area contributed by atoms with E-state index >= 15 is 0 Å². The van der Waals surface area contributed by atoms with E-state index in [9.17, 15) is 10.2 Å². The summed E-state index contributed by atoms with van der Waals surface area (Å²) in [5.74, 6) is 3.76. The summed E-state index contributed by atoms with van der Waals surface area (Å²) in [6.07, 6.45) is 5.71. The lowest BCUT2D eigenvalue weighted by Gasteiger charge is -2.20. The molecule has 0 spiro atoms. The molecule has 2 rings (SSSR count). The lowest BCUT2D eigenvalue weighted by Crippen LogP contribution is -2.33. The zero-order valence-corrected chi connectivity index (χ0v) is 11.2. The Morgan fingerprint density at radius 1 is 1.12 bits per heavy atom. The Bertz CT molecular complexity index is 229. The first-order valence-corrected chi connectivity index (χ1v) is 8.55. The van der Waals surface area contributed by atoms with Gasteiger partial charge in [0.15, 0.2) is 0 Å². The van der Waals surface area contributed by atoms with Gasteiger partial charge in [-0.3, -0.25) is 0 Å². The molecule has 1 aliphatic heterocycles. The average molecular weight is 261 g/mol. The monoisotopic (exact) mass is 261 g/mol. The maximum atomic E-state index is 9.93. The molecule has 1 aliphatic carbocycles. The Kier molecular flexibility index (Phi) is 5.15. The molecule has 0 aromatic carbocycles. The molecule has 1 saturated carbocycles. The van der Waals surface area contributed by atoms with E-state index in [2.05, 4.69) is 0 Å². The molecule has 17 heavy (non-hydrogen) atoms. The Hall–Kier alpha value is 0.230. The number of hydrogen-bond donors (Lipinski definition) is 3. The molecule has 1 heterocycles. The molecule has 4 atom stereocenters. The largest absolute Gasteiger partial charge is 0.394 e. The van der Waals surface area contributed by atoms with Crippen molar-refractivity contribution in [1.29, 1.82) is 0 Å². The first-order valence-electron chi connectivity index (χ1n) is 6.81. The van der Waals surface area contributed by atoms with Crippen molar-refractivity contribution in [3.63, 3.8) is 0 Å². The van der Waals surface area contributed by atoms with Crippen molar-refractivity contribution >= 4 is 10.9 Å². The molecule has 1 saturated heterocycles. The van der Waals surface area contributed by atoms with Crippen LogP contribution in [0.4, 0.5) is 0 Å². The van der Waals surface area contributed by atoms with Gasteiger partial charge >= 0.3 is 0 Å². The zero-order valence-electron chi connectivity index (χ0n) is 10.4. The number of hydrogen-bond acceptors (Lipinski definition) is 3. The summed E-state index contributed by atoms with van der Waals surface area (Å²) in [7, 11) is 0.272. The molecule has 0 radical (unpaired) electrons. The Labute approximate surface area is 107 Å². The third kappa shape index (κ3) is 3.60. The van der Waals surface area contributed by atoms with Crippen molar-refractivity contribution in [3.8, 4) is 0 Å². The normalized spacial score (nSPS) is 37.2. The fourth-order valence-electron chi connectivity index (χ4n) is 3.14. The van der Waals surface area contributed by atoms with Crippen LogP contribution in [0.15, 0.2) is 0 Å². The molecule has 2 aliphatic rings. The minimum atomic E-state index is -0.728. The fourth-order valence-corrected chi connectivity index (χ4v) is 6.27. The van der Waals surface area contributed by atoms with Gasteiger partial charge in [0.25, 0.3) is 0 Å². The molecule has 0 aromatic heterocycles. The van der Waals surface area contributed by atoms with E-state index in [1.54, 1.807) is 0 Å². The van der Waals surface area contributed by atoms with E-state index in [1.807, 2.05) is 0 Å². The molecule has 0 bridgehead atoms. The van der Waals surface area contributed by atoms with Crippen molar-refractivity contribution in [2.24, 2.45) is 11.8 Å². The van der Waals surface area contributed by atoms with Crippen molar-refractivity contribution < 1.29 is 15.3 Å². The van der Waals surface area contributed by atoms with Crippen LogP contribution in [-0.4, -0.2) is 51.4 Å². The van der Waals surface area contributed by atoms with Crippen LogP contribution >= 0.6 is 0 Å². The van der Waals surface area contributed by atoms with E-state index in [1.165, 1.54) is 37.9 Å². The van der Waals surface area contributed by atoms with Crippen LogP contribution in [-0.2, 0) is 10.9 Å². The minimum Gasteiger partial charge on any atom is -0.394 e. The second kappa shape index (κ2) is 6.41. The molecular weight excluding hydrogens is 236 g/mol. The van der Waals surface area contributed by atoms with Crippen molar-refractivity contribution in [1.82, 2.24) is 0 Å². The highest BCUT2D eigenvalue weighted by molar-refractivity contribution is 7.97. The van der Waals surface area contributed by atoms with Gasteiger partial charge in [0.1, 0.15) is 23.4 Å². The quantitative estimate of drug-likeness (QED) is 0.647. The third-order valence-corrected chi connectivity index (χ3v) is 6.82. The molecule has 100 valence electrons. The first kappa shape index (κ1) is 13.7. The van der Waals surface area contributed by atoms with Gasteiger partial charge in [-0.25, -0.2) is 0 Å². The highest BCUT2D eigenvalue weighted by Gasteiger charge is 2.44. The molecule has 2 fully saturated rings. The smallest absolute Gasteiger partial charge is 0.134 e. The van der Waals surface area contributed by atoms with E-state index in [0.29, 0.717) is 0 Å². The summed E-state index contributed by atoms with van der Waals surface area (Å²) in [6.45, 7) is -0.220.